The van der Waals surface area contributed by atoms with Crippen LogP contribution < -0.4 is 11.1 Å². The van der Waals surface area contributed by atoms with E-state index in [0.717, 1.165) is 43.7 Å². The number of nitrogens with zero attached hydrogens (tertiary/aromatic N) is 3. The summed E-state index contributed by atoms with van der Waals surface area (Å²) in [5, 5.41) is 4.05. The molecule has 2 aromatic rings. The summed E-state index contributed by atoms with van der Waals surface area (Å²) in [7, 11) is 1.76. The number of rotatable bonds is 5. The number of amides is 1. The second-order valence-electron chi connectivity index (χ2n) is 6.42. The molecule has 0 radical (unpaired) electrons. The first-order valence-corrected chi connectivity index (χ1v) is 9.24. The van der Waals surface area contributed by atoms with Crippen molar-refractivity contribution >= 4 is 47.4 Å². The summed E-state index contributed by atoms with van der Waals surface area (Å²) in [6.45, 7) is 4.99. The lowest BCUT2D eigenvalue weighted by atomic mass is 10.2. The molecular formula is C19H25ClIN5O2. The van der Waals surface area contributed by atoms with E-state index in [1.807, 2.05) is 18.2 Å². The van der Waals surface area contributed by atoms with E-state index >= 15 is 0 Å². The van der Waals surface area contributed by atoms with Gasteiger partial charge in [0.25, 0.3) is 5.91 Å². The molecule has 0 saturated carbocycles. The van der Waals surface area contributed by atoms with Crippen LogP contribution in [0.3, 0.4) is 0 Å². The first-order valence-electron chi connectivity index (χ1n) is 8.86. The van der Waals surface area contributed by atoms with Crippen LogP contribution in [0.5, 0.6) is 0 Å². The van der Waals surface area contributed by atoms with Crippen LogP contribution in [0.1, 0.15) is 21.9 Å². The molecule has 0 unspecified atom stereocenters. The Morgan fingerprint density at radius 3 is 2.61 bits per heavy atom. The first kappa shape index (κ1) is 22.5. The van der Waals surface area contributed by atoms with E-state index < -0.39 is 5.91 Å². The third kappa shape index (κ3) is 6.11. The molecule has 1 aromatic heterocycles. The number of benzene rings is 1. The summed E-state index contributed by atoms with van der Waals surface area (Å²) in [6.07, 6.45) is 0. The summed E-state index contributed by atoms with van der Waals surface area (Å²) in [5.74, 6) is 1.05. The van der Waals surface area contributed by atoms with Gasteiger partial charge >= 0.3 is 0 Å². The topological polar surface area (TPSA) is 87.1 Å². The van der Waals surface area contributed by atoms with Crippen molar-refractivity contribution in [3.05, 3.63) is 58.5 Å². The molecule has 1 aliphatic heterocycles. The predicted octanol–water partition coefficient (Wildman–Crippen LogP) is 2.54. The molecule has 1 aliphatic rings. The zero-order valence-electron chi connectivity index (χ0n) is 15.7. The number of carbonyl (C=O) groups excluding carboxylic acids is 1. The second kappa shape index (κ2) is 10.7. The van der Waals surface area contributed by atoms with Crippen molar-refractivity contribution < 1.29 is 9.21 Å². The smallest absolute Gasteiger partial charge is 0.284 e. The quantitative estimate of drug-likeness (QED) is 0.362. The minimum Gasteiger partial charge on any atom is -0.454 e. The van der Waals surface area contributed by atoms with E-state index in [0.29, 0.717) is 12.3 Å². The summed E-state index contributed by atoms with van der Waals surface area (Å²) in [4.78, 5) is 20.1. The van der Waals surface area contributed by atoms with Gasteiger partial charge in [-0.05, 0) is 29.8 Å². The minimum atomic E-state index is -0.568. The molecule has 3 rings (SSSR count). The monoisotopic (exact) mass is 517 g/mol. The first-order chi connectivity index (χ1) is 13.0. The summed E-state index contributed by atoms with van der Waals surface area (Å²) in [6, 6.07) is 11.3. The van der Waals surface area contributed by atoms with E-state index in [-0.39, 0.29) is 29.7 Å². The Kier molecular flexibility index (Phi) is 8.58. The molecule has 1 fully saturated rings. The lowest BCUT2D eigenvalue weighted by molar-refractivity contribution is 0.0972. The molecule has 2 heterocycles. The van der Waals surface area contributed by atoms with Gasteiger partial charge in [-0.3, -0.25) is 14.7 Å². The highest BCUT2D eigenvalue weighted by atomic mass is 127. The molecule has 9 heteroatoms. The van der Waals surface area contributed by atoms with Gasteiger partial charge in [0.15, 0.2) is 11.7 Å². The normalized spacial score (nSPS) is 15.2. The number of aliphatic imine (C=N–C) groups is 1. The zero-order valence-corrected chi connectivity index (χ0v) is 18.8. The Balaban J connectivity index is 0.00000280. The fourth-order valence-corrected chi connectivity index (χ4v) is 3.33. The van der Waals surface area contributed by atoms with Gasteiger partial charge in [-0.1, -0.05) is 23.7 Å². The van der Waals surface area contributed by atoms with Gasteiger partial charge in [0.2, 0.25) is 0 Å². The number of hydrogen-bond acceptors (Lipinski definition) is 4. The molecule has 1 aromatic carbocycles. The molecule has 3 N–H and O–H groups in total. The van der Waals surface area contributed by atoms with Crippen LogP contribution in [0, 0.1) is 0 Å². The molecule has 1 saturated heterocycles. The third-order valence-electron chi connectivity index (χ3n) is 4.50. The number of halogens is 2. The van der Waals surface area contributed by atoms with Crippen molar-refractivity contribution in [1.82, 2.24) is 15.1 Å². The van der Waals surface area contributed by atoms with Crippen LogP contribution in [0.15, 0.2) is 45.8 Å². The van der Waals surface area contributed by atoms with Crippen LogP contribution in [0.4, 0.5) is 0 Å². The molecule has 28 heavy (non-hydrogen) atoms. The number of furan rings is 1. The Morgan fingerprint density at radius 2 is 2.00 bits per heavy atom. The Bertz CT molecular complexity index is 818. The van der Waals surface area contributed by atoms with Gasteiger partial charge in [-0.25, -0.2) is 0 Å². The van der Waals surface area contributed by atoms with Gasteiger partial charge in [0.05, 0.1) is 6.54 Å². The van der Waals surface area contributed by atoms with E-state index in [2.05, 4.69) is 26.2 Å². The highest BCUT2D eigenvalue weighted by molar-refractivity contribution is 14.0. The summed E-state index contributed by atoms with van der Waals surface area (Å²) < 4.78 is 5.39. The van der Waals surface area contributed by atoms with Crippen LogP contribution in [0.25, 0.3) is 0 Å². The second-order valence-corrected chi connectivity index (χ2v) is 6.86. The van der Waals surface area contributed by atoms with E-state index in [4.69, 9.17) is 21.8 Å². The maximum Gasteiger partial charge on any atom is 0.284 e. The van der Waals surface area contributed by atoms with Gasteiger partial charge < -0.3 is 20.4 Å². The molecular weight excluding hydrogens is 493 g/mol. The Hall–Kier alpha value is -1.78. The number of guanidine groups is 1. The van der Waals surface area contributed by atoms with Crippen molar-refractivity contribution in [3.63, 3.8) is 0 Å². The summed E-state index contributed by atoms with van der Waals surface area (Å²) in [5.41, 5.74) is 6.43. The van der Waals surface area contributed by atoms with Crippen molar-refractivity contribution in [2.45, 2.75) is 13.1 Å². The fourth-order valence-electron chi connectivity index (χ4n) is 3.12. The highest BCUT2D eigenvalue weighted by Gasteiger charge is 2.20. The van der Waals surface area contributed by atoms with Crippen molar-refractivity contribution in [3.8, 4) is 0 Å². The van der Waals surface area contributed by atoms with E-state index in [1.54, 1.807) is 19.2 Å². The largest absolute Gasteiger partial charge is 0.454 e. The zero-order chi connectivity index (χ0) is 19.2. The number of primary amides is 1. The lowest BCUT2D eigenvalue weighted by Gasteiger charge is -2.36. The average Bonchev–Trinajstić information content (AvgIpc) is 3.13. The van der Waals surface area contributed by atoms with Gasteiger partial charge in [0.1, 0.15) is 5.76 Å². The van der Waals surface area contributed by atoms with Crippen molar-refractivity contribution in [2.75, 3.05) is 33.2 Å². The maximum absolute atomic E-state index is 11.1. The minimum absolute atomic E-state index is 0. The van der Waals surface area contributed by atoms with Crippen LogP contribution in [0.2, 0.25) is 5.02 Å². The molecule has 0 atom stereocenters. The molecule has 152 valence electrons. The van der Waals surface area contributed by atoms with Gasteiger partial charge in [0, 0.05) is 44.8 Å². The fraction of sp³-hybridized carbons (Fsp3) is 0.368. The SMILES string of the molecule is CN=C(NCc1ccc(C(N)=O)o1)N1CCN(Cc2cccc(Cl)c2)CC1.I. The number of carbonyl (C=O) groups is 1. The number of nitrogens with two attached hydrogens (primary N) is 1. The maximum atomic E-state index is 11.1. The molecule has 0 aliphatic carbocycles. The van der Waals surface area contributed by atoms with E-state index in [1.165, 1.54) is 5.56 Å². The van der Waals surface area contributed by atoms with Crippen LogP contribution in [-0.4, -0.2) is 54.9 Å². The number of piperazine rings is 1. The van der Waals surface area contributed by atoms with Gasteiger partial charge in [-0.2, -0.15) is 0 Å². The molecule has 7 nitrogen and oxygen atoms in total. The molecule has 0 spiro atoms. The Labute approximate surface area is 186 Å². The highest BCUT2D eigenvalue weighted by Crippen LogP contribution is 2.14. The standard InChI is InChI=1S/C19H24ClN5O2.HI/c1-22-19(23-12-16-5-6-17(27-16)18(21)26)25-9-7-24(8-10-25)13-14-3-2-4-15(20)11-14;/h2-6,11H,7-10,12-13H2,1H3,(H2,21,26)(H,22,23);1H. The summed E-state index contributed by atoms with van der Waals surface area (Å²) >= 11 is 6.07. The Morgan fingerprint density at radius 1 is 1.25 bits per heavy atom. The number of nitrogens with one attached hydrogen (secondary N) is 1. The molecule has 1 amide bonds. The van der Waals surface area contributed by atoms with Gasteiger partial charge in [-0.15, -0.1) is 24.0 Å². The van der Waals surface area contributed by atoms with Crippen molar-refractivity contribution in [2.24, 2.45) is 10.7 Å². The molecule has 0 bridgehead atoms. The van der Waals surface area contributed by atoms with Crippen LogP contribution >= 0.6 is 35.6 Å². The average molecular weight is 518 g/mol. The predicted molar refractivity (Wildman–Crippen MR) is 121 cm³/mol. The van der Waals surface area contributed by atoms with Crippen LogP contribution in [-0.2, 0) is 13.1 Å². The number of hydrogen-bond donors (Lipinski definition) is 2. The lowest BCUT2D eigenvalue weighted by Crippen LogP contribution is -2.52. The van der Waals surface area contributed by atoms with Crippen molar-refractivity contribution in [1.29, 1.82) is 0 Å². The third-order valence-corrected chi connectivity index (χ3v) is 4.74. The van der Waals surface area contributed by atoms with E-state index in [9.17, 15) is 4.79 Å².